The lowest BCUT2D eigenvalue weighted by Crippen LogP contribution is -2.43. The average Bonchev–Trinajstić information content (AvgIpc) is 2.79. The molecule has 0 atom stereocenters. The molecule has 36 heavy (non-hydrogen) atoms. The van der Waals surface area contributed by atoms with Crippen molar-refractivity contribution in [2.45, 2.75) is 20.0 Å². The molecule has 3 aromatic rings. The number of hydrogen-bond donors (Lipinski definition) is 1. The maximum atomic E-state index is 14.8. The van der Waals surface area contributed by atoms with Gasteiger partial charge in [-0.1, -0.05) is 0 Å². The summed E-state index contributed by atoms with van der Waals surface area (Å²) in [6, 6.07) is 4.44. The second-order valence-electron chi connectivity index (χ2n) is 7.30. The third-order valence-electron chi connectivity index (χ3n) is 4.87. The molecule has 3 rings (SSSR count). The Kier molecular flexibility index (Phi) is 7.36. The number of carbonyl (C=O) groups excluding carboxylic acids is 1. The van der Waals surface area contributed by atoms with Crippen LogP contribution in [-0.2, 0) is 22.8 Å². The van der Waals surface area contributed by atoms with E-state index < -0.39 is 52.8 Å². The van der Waals surface area contributed by atoms with Gasteiger partial charge in [0.05, 0.1) is 18.0 Å². The van der Waals surface area contributed by atoms with Gasteiger partial charge in [0.2, 0.25) is 0 Å². The molecule has 0 aliphatic carbocycles. The molecule has 0 aliphatic heterocycles. The lowest BCUT2D eigenvalue weighted by atomic mass is 10.2. The number of esters is 1. The van der Waals surface area contributed by atoms with Gasteiger partial charge in [0.1, 0.15) is 11.5 Å². The highest BCUT2D eigenvalue weighted by Crippen LogP contribution is 2.35. The van der Waals surface area contributed by atoms with Crippen LogP contribution in [-0.4, -0.2) is 33.3 Å². The van der Waals surface area contributed by atoms with Gasteiger partial charge in [0.15, 0.2) is 18.1 Å². The molecule has 0 saturated heterocycles. The number of alkyl halides is 3. The zero-order chi connectivity index (χ0) is 26.8. The fourth-order valence-corrected chi connectivity index (χ4v) is 3.30. The van der Waals surface area contributed by atoms with Crippen LogP contribution in [0, 0.1) is 12.7 Å². The SMILES string of the molecule is CCOC(=O)COc1ncccc1Oc1cc(-n2c(=O)c(C)c(C(F)(F)F)n(C)c2=O)c(F)cc1N. The molecule has 2 aromatic heterocycles. The molecule has 192 valence electrons. The number of nitrogens with two attached hydrogens (primary N) is 1. The molecule has 0 saturated carbocycles. The quantitative estimate of drug-likeness (QED) is 0.291. The minimum atomic E-state index is -5.00. The zero-order valence-corrected chi connectivity index (χ0v) is 19.2. The van der Waals surface area contributed by atoms with Gasteiger partial charge in [-0.25, -0.2) is 23.5 Å². The number of carbonyl (C=O) groups is 1. The predicted octanol–water partition coefficient (Wildman–Crippen LogP) is 2.71. The molecule has 14 heteroatoms. The number of hydrogen-bond acceptors (Lipinski definition) is 8. The first-order chi connectivity index (χ1) is 16.9. The van der Waals surface area contributed by atoms with E-state index in [2.05, 4.69) is 4.98 Å². The van der Waals surface area contributed by atoms with Crippen LogP contribution in [0.5, 0.6) is 17.4 Å². The number of rotatable bonds is 7. The summed E-state index contributed by atoms with van der Waals surface area (Å²) in [5.74, 6) is -2.34. The van der Waals surface area contributed by atoms with E-state index in [0.717, 1.165) is 26.1 Å². The van der Waals surface area contributed by atoms with E-state index in [4.69, 9.17) is 19.9 Å². The van der Waals surface area contributed by atoms with E-state index in [1.54, 1.807) is 6.92 Å². The molecule has 2 heterocycles. The average molecular weight is 512 g/mol. The zero-order valence-electron chi connectivity index (χ0n) is 19.2. The van der Waals surface area contributed by atoms with Crippen LogP contribution >= 0.6 is 0 Å². The van der Waals surface area contributed by atoms with Crippen molar-refractivity contribution in [1.29, 1.82) is 0 Å². The first kappa shape index (κ1) is 26.2. The van der Waals surface area contributed by atoms with Crippen molar-refractivity contribution in [3.05, 3.63) is 68.4 Å². The molecule has 0 amide bonds. The summed E-state index contributed by atoms with van der Waals surface area (Å²) in [5.41, 5.74) is -0.229. The topological polar surface area (TPSA) is 128 Å². The van der Waals surface area contributed by atoms with E-state index in [-0.39, 0.29) is 38.8 Å². The van der Waals surface area contributed by atoms with Crippen LogP contribution in [0.2, 0.25) is 0 Å². The van der Waals surface area contributed by atoms with Crippen molar-refractivity contribution in [2.24, 2.45) is 7.05 Å². The van der Waals surface area contributed by atoms with Gasteiger partial charge in [0.25, 0.3) is 11.4 Å². The Morgan fingerprint density at radius 3 is 2.53 bits per heavy atom. The lowest BCUT2D eigenvalue weighted by molar-refractivity contribution is -0.146. The Hall–Kier alpha value is -4.36. The van der Waals surface area contributed by atoms with Gasteiger partial charge in [-0.15, -0.1) is 0 Å². The van der Waals surface area contributed by atoms with Crippen molar-refractivity contribution < 1.29 is 36.6 Å². The standard InChI is InChI=1S/C22H20F4N4O6/c1-4-34-17(31)10-35-19-15(6-5-7-28-19)36-16-9-14(12(23)8-13(16)27)30-20(32)11(2)18(22(24,25)26)29(3)21(30)33/h5-9H,4,10,27H2,1-3H3. The lowest BCUT2D eigenvalue weighted by Gasteiger charge is -2.18. The molecule has 0 spiro atoms. The molecule has 0 fully saturated rings. The van der Waals surface area contributed by atoms with Gasteiger partial charge in [-0.05, 0) is 26.0 Å². The Balaban J connectivity index is 2.09. The molecular weight excluding hydrogens is 492 g/mol. The maximum Gasteiger partial charge on any atom is 0.432 e. The summed E-state index contributed by atoms with van der Waals surface area (Å²) in [6.45, 7) is 2.11. The van der Waals surface area contributed by atoms with Crippen molar-refractivity contribution in [3.8, 4) is 23.1 Å². The number of halogens is 4. The molecule has 0 radical (unpaired) electrons. The van der Waals surface area contributed by atoms with E-state index >= 15 is 0 Å². The van der Waals surface area contributed by atoms with Crippen molar-refractivity contribution in [2.75, 3.05) is 18.9 Å². The molecular formula is C22H20F4N4O6. The number of anilines is 1. The van der Waals surface area contributed by atoms with Crippen LogP contribution < -0.4 is 26.5 Å². The van der Waals surface area contributed by atoms with E-state index in [9.17, 15) is 31.9 Å². The fourth-order valence-electron chi connectivity index (χ4n) is 3.30. The molecule has 0 aliphatic rings. The van der Waals surface area contributed by atoms with Gasteiger partial charge in [-0.2, -0.15) is 13.2 Å². The Morgan fingerprint density at radius 2 is 1.89 bits per heavy atom. The van der Waals surface area contributed by atoms with Gasteiger partial charge in [-0.3, -0.25) is 9.36 Å². The Bertz CT molecular complexity index is 1390. The maximum absolute atomic E-state index is 14.8. The predicted molar refractivity (Wildman–Crippen MR) is 118 cm³/mol. The molecule has 2 N–H and O–H groups in total. The first-order valence-electron chi connectivity index (χ1n) is 10.3. The van der Waals surface area contributed by atoms with Gasteiger partial charge >= 0.3 is 17.8 Å². The van der Waals surface area contributed by atoms with Crippen LogP contribution in [0.15, 0.2) is 40.1 Å². The van der Waals surface area contributed by atoms with Crippen molar-refractivity contribution in [1.82, 2.24) is 14.1 Å². The number of benzene rings is 1. The molecule has 0 unspecified atom stereocenters. The van der Waals surface area contributed by atoms with E-state index in [0.29, 0.717) is 0 Å². The normalized spacial score (nSPS) is 11.3. The Labute approximate surface area is 200 Å². The molecule has 0 bridgehead atoms. The number of nitrogen functional groups attached to an aromatic ring is 1. The van der Waals surface area contributed by atoms with Crippen LogP contribution in [0.4, 0.5) is 23.2 Å². The second kappa shape index (κ2) is 10.1. The van der Waals surface area contributed by atoms with Gasteiger partial charge < -0.3 is 19.9 Å². The number of ether oxygens (including phenoxy) is 3. The summed E-state index contributed by atoms with van der Waals surface area (Å²) >= 11 is 0. The fraction of sp³-hybridized carbons (Fsp3) is 0.273. The minimum absolute atomic E-state index is 0.0742. The Morgan fingerprint density at radius 1 is 1.19 bits per heavy atom. The molecule has 10 nitrogen and oxygen atoms in total. The summed E-state index contributed by atoms with van der Waals surface area (Å²) in [6.07, 6.45) is -3.66. The van der Waals surface area contributed by atoms with Gasteiger partial charge in [0, 0.05) is 30.9 Å². The highest BCUT2D eigenvalue weighted by molar-refractivity contribution is 5.71. The van der Waals surface area contributed by atoms with E-state index in [1.807, 2.05) is 0 Å². The monoisotopic (exact) mass is 512 g/mol. The number of pyridine rings is 1. The summed E-state index contributed by atoms with van der Waals surface area (Å²) in [5, 5.41) is 0. The largest absolute Gasteiger partial charge is 0.463 e. The van der Waals surface area contributed by atoms with Crippen LogP contribution in [0.3, 0.4) is 0 Å². The summed E-state index contributed by atoms with van der Waals surface area (Å²) in [7, 11) is 0.809. The van der Waals surface area contributed by atoms with E-state index in [1.165, 1.54) is 18.3 Å². The third-order valence-corrected chi connectivity index (χ3v) is 4.87. The number of aromatic nitrogens is 3. The summed E-state index contributed by atoms with van der Waals surface area (Å²) in [4.78, 5) is 40.9. The highest BCUT2D eigenvalue weighted by Gasteiger charge is 2.38. The molecule has 1 aromatic carbocycles. The van der Waals surface area contributed by atoms with Crippen LogP contribution in [0.25, 0.3) is 5.69 Å². The van der Waals surface area contributed by atoms with Crippen molar-refractivity contribution in [3.63, 3.8) is 0 Å². The third kappa shape index (κ3) is 5.16. The minimum Gasteiger partial charge on any atom is -0.463 e. The second-order valence-corrected chi connectivity index (χ2v) is 7.30. The van der Waals surface area contributed by atoms with Crippen molar-refractivity contribution >= 4 is 11.7 Å². The smallest absolute Gasteiger partial charge is 0.432 e. The highest BCUT2D eigenvalue weighted by atomic mass is 19.4. The van der Waals surface area contributed by atoms with Crippen LogP contribution in [0.1, 0.15) is 18.2 Å². The summed E-state index contributed by atoms with van der Waals surface area (Å²) < 4.78 is 71.0. The first-order valence-corrected chi connectivity index (χ1v) is 10.3. The number of nitrogens with zero attached hydrogens (tertiary/aromatic N) is 3.